The molecular weight excluding hydrogens is 358 g/mol. The zero-order chi connectivity index (χ0) is 20.2. The van der Waals surface area contributed by atoms with Crippen LogP contribution < -0.4 is 5.48 Å². The summed E-state index contributed by atoms with van der Waals surface area (Å²) in [6.45, 7) is 4.35. The van der Waals surface area contributed by atoms with Gasteiger partial charge in [0.2, 0.25) is 6.41 Å². The van der Waals surface area contributed by atoms with Crippen molar-refractivity contribution in [2.75, 3.05) is 0 Å². The second-order valence-corrected chi connectivity index (χ2v) is 9.43. The number of hydrogen-bond acceptors (Lipinski definition) is 5. The fourth-order valence-electron chi connectivity index (χ4n) is 6.84. The highest BCUT2D eigenvalue weighted by atomic mass is 16.7. The van der Waals surface area contributed by atoms with Crippen molar-refractivity contribution in [1.29, 1.82) is 0 Å². The minimum atomic E-state index is -0.795. The molecule has 152 valence electrons. The molecule has 6 nitrogen and oxygen atoms in total. The molecule has 0 aromatic heterocycles. The van der Waals surface area contributed by atoms with Gasteiger partial charge in [0.1, 0.15) is 0 Å². The Bertz CT molecular complexity index is 786. The van der Waals surface area contributed by atoms with Gasteiger partial charge in [0.15, 0.2) is 5.78 Å². The molecule has 1 amide bonds. The molecule has 0 radical (unpaired) electrons. The topological polar surface area (TPSA) is 92.7 Å². The number of aliphatic hydroxyl groups is 1. The lowest BCUT2D eigenvalue weighted by atomic mass is 9.45. The third-order valence-electron chi connectivity index (χ3n) is 8.50. The number of nitrogens with one attached hydrogen (secondary N) is 1. The zero-order valence-electron chi connectivity index (χ0n) is 16.6. The summed E-state index contributed by atoms with van der Waals surface area (Å²) in [6, 6.07) is 0. The van der Waals surface area contributed by atoms with Gasteiger partial charge in [0.25, 0.3) is 0 Å². The summed E-state index contributed by atoms with van der Waals surface area (Å²) >= 11 is 0. The first kappa shape index (κ1) is 19.4. The molecule has 4 aliphatic carbocycles. The zero-order valence-corrected chi connectivity index (χ0v) is 16.6. The first-order valence-electron chi connectivity index (χ1n) is 10.3. The van der Waals surface area contributed by atoms with Crippen LogP contribution in [0.1, 0.15) is 65.2 Å². The first-order valence-corrected chi connectivity index (χ1v) is 10.3. The molecule has 4 rings (SSSR count). The van der Waals surface area contributed by atoms with E-state index in [2.05, 4.69) is 18.7 Å². The molecule has 5 atom stereocenters. The molecule has 0 heterocycles. The number of rotatable bonds is 3. The Kier molecular flexibility index (Phi) is 4.53. The van der Waals surface area contributed by atoms with Gasteiger partial charge >= 0.3 is 5.97 Å². The average Bonchev–Trinajstić information content (AvgIpc) is 2.98. The van der Waals surface area contributed by atoms with Crippen LogP contribution in [0.25, 0.3) is 0 Å². The quantitative estimate of drug-likeness (QED) is 0.441. The van der Waals surface area contributed by atoms with Crippen LogP contribution in [0, 0.1) is 22.7 Å². The Balaban J connectivity index is 1.64. The second-order valence-electron chi connectivity index (χ2n) is 9.43. The van der Waals surface area contributed by atoms with Crippen LogP contribution in [0.15, 0.2) is 23.3 Å². The van der Waals surface area contributed by atoms with Gasteiger partial charge in [-0.3, -0.25) is 9.59 Å². The number of carbonyl (C=O) groups is 3. The normalized spacial score (nSPS) is 43.5. The molecule has 4 aliphatic rings. The molecule has 6 heteroatoms. The maximum atomic E-state index is 12.0. The van der Waals surface area contributed by atoms with E-state index in [1.165, 1.54) is 6.08 Å². The van der Waals surface area contributed by atoms with Crippen molar-refractivity contribution < 1.29 is 24.3 Å². The summed E-state index contributed by atoms with van der Waals surface area (Å²) in [7, 11) is 0. The first-order chi connectivity index (χ1) is 13.2. The van der Waals surface area contributed by atoms with Gasteiger partial charge in [-0.25, -0.2) is 4.79 Å². The lowest BCUT2D eigenvalue weighted by Crippen LogP contribution is -2.62. The molecule has 0 aromatic rings. The monoisotopic (exact) mass is 387 g/mol. The van der Waals surface area contributed by atoms with E-state index in [4.69, 9.17) is 0 Å². The third-order valence-corrected chi connectivity index (χ3v) is 8.50. The highest BCUT2D eigenvalue weighted by molar-refractivity contribution is 5.91. The average molecular weight is 387 g/mol. The maximum Gasteiger partial charge on any atom is 0.355 e. The van der Waals surface area contributed by atoms with E-state index in [1.54, 1.807) is 6.08 Å². The number of ketones is 1. The van der Waals surface area contributed by atoms with Gasteiger partial charge < -0.3 is 9.94 Å². The highest BCUT2D eigenvalue weighted by Crippen LogP contribution is 2.68. The minimum absolute atomic E-state index is 0.140. The second kappa shape index (κ2) is 6.55. The number of carbonyl (C=O) groups excluding carboxylic acids is 3. The van der Waals surface area contributed by atoms with E-state index in [9.17, 15) is 19.5 Å². The summed E-state index contributed by atoms with van der Waals surface area (Å²) in [5.74, 6) is 0.0945. The molecule has 0 unspecified atom stereocenters. The van der Waals surface area contributed by atoms with Gasteiger partial charge in [-0.1, -0.05) is 25.0 Å². The van der Waals surface area contributed by atoms with Gasteiger partial charge in [0.05, 0.1) is 5.60 Å². The van der Waals surface area contributed by atoms with Gasteiger partial charge in [-0.05, 0) is 68.3 Å². The number of fused-ring (bicyclic) bond motifs is 5. The van der Waals surface area contributed by atoms with Crippen molar-refractivity contribution in [3.8, 4) is 0 Å². The molecule has 2 N–H and O–H groups in total. The van der Waals surface area contributed by atoms with E-state index in [1.807, 2.05) is 5.48 Å². The van der Waals surface area contributed by atoms with Crippen LogP contribution in [0.2, 0.25) is 0 Å². The van der Waals surface area contributed by atoms with Crippen LogP contribution >= 0.6 is 0 Å². The van der Waals surface area contributed by atoms with Crippen LogP contribution in [-0.2, 0) is 19.2 Å². The van der Waals surface area contributed by atoms with Crippen molar-refractivity contribution in [1.82, 2.24) is 5.48 Å². The predicted molar refractivity (Wildman–Crippen MR) is 102 cm³/mol. The number of amides is 1. The largest absolute Gasteiger partial charge is 0.389 e. The van der Waals surface area contributed by atoms with E-state index < -0.39 is 11.6 Å². The van der Waals surface area contributed by atoms with Crippen LogP contribution in [-0.4, -0.2) is 28.9 Å². The smallest absolute Gasteiger partial charge is 0.355 e. The van der Waals surface area contributed by atoms with Crippen molar-refractivity contribution in [2.24, 2.45) is 22.7 Å². The molecule has 0 spiro atoms. The molecule has 3 saturated carbocycles. The number of hydrogen-bond donors (Lipinski definition) is 2. The van der Waals surface area contributed by atoms with E-state index in [-0.39, 0.29) is 22.5 Å². The van der Waals surface area contributed by atoms with Crippen LogP contribution in [0.4, 0.5) is 0 Å². The van der Waals surface area contributed by atoms with Crippen molar-refractivity contribution in [3.05, 3.63) is 23.3 Å². The Hall–Kier alpha value is -1.95. The Labute approximate surface area is 165 Å². The molecule has 0 aliphatic heterocycles. The van der Waals surface area contributed by atoms with Crippen LogP contribution in [0.3, 0.4) is 0 Å². The SMILES string of the molecule is C[C@]12CCC(=O)C=C1CC[C@H]1[C@@H]3CCC(=CC(=O)ONC=O)[C@@]3(C)CC[C@@]12O. The Morgan fingerprint density at radius 3 is 2.68 bits per heavy atom. The molecule has 3 fully saturated rings. The van der Waals surface area contributed by atoms with Crippen molar-refractivity contribution >= 4 is 18.2 Å². The van der Waals surface area contributed by atoms with Gasteiger partial charge in [-0.2, -0.15) is 5.48 Å². The van der Waals surface area contributed by atoms with E-state index in [0.717, 1.165) is 49.7 Å². The summed E-state index contributed by atoms with van der Waals surface area (Å²) in [5, 5.41) is 12.0. The minimum Gasteiger partial charge on any atom is -0.389 e. The molecule has 0 bridgehead atoms. The number of allylic oxidation sites excluding steroid dienone is 1. The fourth-order valence-corrected chi connectivity index (χ4v) is 6.84. The predicted octanol–water partition coefficient (Wildman–Crippen LogP) is 2.76. The Morgan fingerprint density at radius 1 is 1.18 bits per heavy atom. The molecule has 0 aromatic carbocycles. The van der Waals surface area contributed by atoms with Gasteiger partial charge in [-0.15, -0.1) is 0 Å². The third kappa shape index (κ3) is 2.60. The van der Waals surface area contributed by atoms with Crippen molar-refractivity contribution in [3.63, 3.8) is 0 Å². The molecular formula is C22H29NO5. The van der Waals surface area contributed by atoms with Crippen molar-refractivity contribution in [2.45, 2.75) is 70.8 Å². The van der Waals surface area contributed by atoms with Crippen LogP contribution in [0.5, 0.6) is 0 Å². The van der Waals surface area contributed by atoms with E-state index >= 15 is 0 Å². The lowest BCUT2D eigenvalue weighted by Gasteiger charge is -2.62. The lowest BCUT2D eigenvalue weighted by molar-refractivity contribution is -0.183. The molecule has 28 heavy (non-hydrogen) atoms. The summed E-state index contributed by atoms with van der Waals surface area (Å²) < 4.78 is 0. The van der Waals surface area contributed by atoms with E-state index in [0.29, 0.717) is 25.2 Å². The summed E-state index contributed by atoms with van der Waals surface area (Å²) in [6.07, 6.45) is 9.86. The molecule has 0 saturated heterocycles. The fraction of sp³-hybridized carbons (Fsp3) is 0.682. The standard InChI is InChI=1S/C22H29NO5/c1-20-9-10-22(27)18(6-4-15-11-16(25)7-8-21(15,22)2)17(20)5-3-14(20)12-19(26)28-23-13-24/h11-13,17-18,27H,3-10H2,1-2H3,(H,23,24)/t17-,18-,20+,21-,22+/m0/s1. The Morgan fingerprint density at radius 2 is 1.93 bits per heavy atom. The summed E-state index contributed by atoms with van der Waals surface area (Å²) in [5.41, 5.74) is 2.87. The van der Waals surface area contributed by atoms with Gasteiger partial charge in [0, 0.05) is 17.9 Å². The highest BCUT2D eigenvalue weighted by Gasteiger charge is 2.64. The summed E-state index contributed by atoms with van der Waals surface area (Å²) in [4.78, 5) is 38.9. The maximum absolute atomic E-state index is 12.0. The number of hydroxylamine groups is 1.